The van der Waals surface area contributed by atoms with E-state index in [9.17, 15) is 4.79 Å². The quantitative estimate of drug-likeness (QED) is 0.815. The summed E-state index contributed by atoms with van der Waals surface area (Å²) in [5, 5.41) is 6.79. The first-order chi connectivity index (χ1) is 9.28. The highest BCUT2D eigenvalue weighted by Gasteiger charge is 2.51. The molecule has 20 heavy (non-hydrogen) atoms. The van der Waals surface area contributed by atoms with E-state index in [0.29, 0.717) is 24.0 Å². The molecule has 1 aliphatic carbocycles. The van der Waals surface area contributed by atoms with Gasteiger partial charge in [-0.25, -0.2) is 0 Å². The summed E-state index contributed by atoms with van der Waals surface area (Å²) in [6.45, 7) is 1.91. The highest BCUT2D eigenvalue weighted by molar-refractivity contribution is 5.85. The van der Waals surface area contributed by atoms with E-state index in [1.54, 1.807) is 0 Å². The van der Waals surface area contributed by atoms with Gasteiger partial charge in [-0.3, -0.25) is 4.79 Å². The standard InChI is InChI=1S/C15H24N2O2.ClH/c18-14(17-12-7-11-4-5-13(12)19-11)15-6-2-1-3-10(15)8-16-9-15;/h10-13,16H,1-9H2,(H,17,18);1H/t10-,11?,12?,13?,15+;/m0./s1. The summed E-state index contributed by atoms with van der Waals surface area (Å²) in [6, 6.07) is 0.281. The zero-order valence-corrected chi connectivity index (χ0v) is 12.7. The van der Waals surface area contributed by atoms with Crippen LogP contribution in [0.4, 0.5) is 0 Å². The third-order valence-corrected chi connectivity index (χ3v) is 5.91. The van der Waals surface area contributed by atoms with E-state index in [4.69, 9.17) is 4.74 Å². The molecule has 1 saturated carbocycles. The molecule has 2 N–H and O–H groups in total. The van der Waals surface area contributed by atoms with Crippen LogP contribution in [0.2, 0.25) is 0 Å². The van der Waals surface area contributed by atoms with E-state index in [0.717, 1.165) is 32.4 Å². The first-order valence-electron chi connectivity index (χ1n) is 7.95. The lowest BCUT2D eigenvalue weighted by Gasteiger charge is -2.38. The fourth-order valence-electron chi connectivity index (χ4n) is 4.79. The van der Waals surface area contributed by atoms with Gasteiger partial charge in [0.15, 0.2) is 0 Å². The zero-order valence-electron chi connectivity index (χ0n) is 11.9. The summed E-state index contributed by atoms with van der Waals surface area (Å²) >= 11 is 0. The van der Waals surface area contributed by atoms with Gasteiger partial charge in [-0.15, -0.1) is 12.4 Å². The van der Waals surface area contributed by atoms with Crippen molar-refractivity contribution >= 4 is 18.3 Å². The number of hydrogen-bond donors (Lipinski definition) is 2. The molecule has 0 aromatic carbocycles. The van der Waals surface area contributed by atoms with Crippen LogP contribution in [-0.4, -0.2) is 37.2 Å². The average molecular weight is 301 g/mol. The van der Waals surface area contributed by atoms with Gasteiger partial charge < -0.3 is 15.4 Å². The molecule has 2 bridgehead atoms. The Morgan fingerprint density at radius 1 is 1.25 bits per heavy atom. The molecule has 0 aromatic rings. The summed E-state index contributed by atoms with van der Waals surface area (Å²) < 4.78 is 5.85. The number of rotatable bonds is 2. The number of carbonyl (C=O) groups excluding carboxylic acids is 1. The molecular formula is C15H25ClN2O2. The lowest BCUT2D eigenvalue weighted by Crippen LogP contribution is -2.52. The lowest BCUT2D eigenvalue weighted by molar-refractivity contribution is -0.135. The molecule has 1 amide bonds. The molecule has 0 spiro atoms. The van der Waals surface area contributed by atoms with Gasteiger partial charge in [-0.1, -0.05) is 12.8 Å². The number of halogens is 1. The van der Waals surface area contributed by atoms with E-state index in [-0.39, 0.29) is 23.9 Å². The van der Waals surface area contributed by atoms with Gasteiger partial charge >= 0.3 is 0 Å². The van der Waals surface area contributed by atoms with Crippen molar-refractivity contribution in [1.29, 1.82) is 0 Å². The molecule has 4 nitrogen and oxygen atoms in total. The average Bonchev–Trinajstić information content (AvgIpc) is 3.13. The number of nitrogens with one attached hydrogen (secondary N) is 2. The highest BCUT2D eigenvalue weighted by Crippen LogP contribution is 2.44. The van der Waals surface area contributed by atoms with Gasteiger partial charge in [0, 0.05) is 6.54 Å². The predicted molar refractivity (Wildman–Crippen MR) is 79.0 cm³/mol. The molecule has 0 aromatic heterocycles. The minimum absolute atomic E-state index is 0. The van der Waals surface area contributed by atoms with E-state index in [2.05, 4.69) is 10.6 Å². The summed E-state index contributed by atoms with van der Waals surface area (Å²) in [6.07, 6.45) is 8.84. The minimum Gasteiger partial charge on any atom is -0.373 e. The summed E-state index contributed by atoms with van der Waals surface area (Å²) in [7, 11) is 0. The second-order valence-corrected chi connectivity index (χ2v) is 6.92. The fraction of sp³-hybridized carbons (Fsp3) is 0.933. The SMILES string of the molecule is Cl.O=C(NC1CC2CCC1O2)[C@@]12CCCC[C@H]1CNC2. The molecule has 4 aliphatic rings. The summed E-state index contributed by atoms with van der Waals surface area (Å²) in [5.74, 6) is 0.865. The molecule has 0 radical (unpaired) electrons. The van der Waals surface area contributed by atoms with Gasteiger partial charge in [0.2, 0.25) is 5.91 Å². The smallest absolute Gasteiger partial charge is 0.228 e. The van der Waals surface area contributed by atoms with Gasteiger partial charge in [0.25, 0.3) is 0 Å². The van der Waals surface area contributed by atoms with Crippen molar-refractivity contribution in [2.75, 3.05) is 13.1 Å². The minimum atomic E-state index is -0.111. The molecule has 3 saturated heterocycles. The normalized spacial score (nSPS) is 45.8. The van der Waals surface area contributed by atoms with Gasteiger partial charge in [-0.05, 0) is 44.6 Å². The van der Waals surface area contributed by atoms with Crippen LogP contribution in [0.1, 0.15) is 44.9 Å². The molecule has 3 aliphatic heterocycles. The largest absolute Gasteiger partial charge is 0.373 e. The summed E-state index contributed by atoms with van der Waals surface area (Å²) in [4.78, 5) is 12.8. The van der Waals surface area contributed by atoms with Gasteiger partial charge in [0.05, 0.1) is 23.7 Å². The second kappa shape index (κ2) is 5.47. The number of fused-ring (bicyclic) bond motifs is 3. The maximum atomic E-state index is 12.8. The second-order valence-electron chi connectivity index (χ2n) is 6.92. The Bertz CT molecular complexity index is 392. The maximum Gasteiger partial charge on any atom is 0.228 e. The monoisotopic (exact) mass is 300 g/mol. The van der Waals surface area contributed by atoms with Crippen molar-refractivity contribution in [3.8, 4) is 0 Å². The van der Waals surface area contributed by atoms with E-state index >= 15 is 0 Å². The molecule has 5 atom stereocenters. The molecule has 4 rings (SSSR count). The summed E-state index contributed by atoms with van der Waals surface area (Å²) in [5.41, 5.74) is -0.111. The van der Waals surface area contributed by atoms with Crippen molar-refractivity contribution in [3.63, 3.8) is 0 Å². The molecule has 114 valence electrons. The highest BCUT2D eigenvalue weighted by atomic mass is 35.5. The van der Waals surface area contributed by atoms with Crippen LogP contribution in [0.3, 0.4) is 0 Å². The molecular weight excluding hydrogens is 276 g/mol. The van der Waals surface area contributed by atoms with Crippen LogP contribution in [0.15, 0.2) is 0 Å². The van der Waals surface area contributed by atoms with Crippen LogP contribution in [0.5, 0.6) is 0 Å². The van der Waals surface area contributed by atoms with Crippen LogP contribution in [0, 0.1) is 11.3 Å². The third-order valence-electron chi connectivity index (χ3n) is 5.91. The van der Waals surface area contributed by atoms with Crippen LogP contribution in [0.25, 0.3) is 0 Å². The number of amides is 1. The van der Waals surface area contributed by atoms with Crippen LogP contribution in [-0.2, 0) is 9.53 Å². The third kappa shape index (κ3) is 2.16. The van der Waals surface area contributed by atoms with Crippen molar-refractivity contribution < 1.29 is 9.53 Å². The Balaban J connectivity index is 0.00000121. The van der Waals surface area contributed by atoms with Gasteiger partial charge in [0.1, 0.15) is 0 Å². The fourth-order valence-corrected chi connectivity index (χ4v) is 4.79. The van der Waals surface area contributed by atoms with Crippen LogP contribution < -0.4 is 10.6 Å². The number of carbonyl (C=O) groups is 1. The Hall–Kier alpha value is -0.320. The maximum absolute atomic E-state index is 12.8. The first-order valence-corrected chi connectivity index (χ1v) is 7.95. The molecule has 3 unspecified atom stereocenters. The Morgan fingerprint density at radius 3 is 2.90 bits per heavy atom. The molecule has 4 fully saturated rings. The first kappa shape index (κ1) is 14.6. The van der Waals surface area contributed by atoms with E-state index < -0.39 is 0 Å². The van der Waals surface area contributed by atoms with E-state index in [1.807, 2.05) is 0 Å². The number of ether oxygens (including phenoxy) is 1. The topological polar surface area (TPSA) is 50.4 Å². The number of hydrogen-bond acceptors (Lipinski definition) is 3. The molecule has 3 heterocycles. The predicted octanol–water partition coefficient (Wildman–Crippen LogP) is 1.62. The van der Waals surface area contributed by atoms with Gasteiger partial charge in [-0.2, -0.15) is 0 Å². The Morgan fingerprint density at radius 2 is 2.15 bits per heavy atom. The molecule has 5 heteroatoms. The van der Waals surface area contributed by atoms with Crippen LogP contribution >= 0.6 is 12.4 Å². The van der Waals surface area contributed by atoms with Crippen molar-refractivity contribution in [1.82, 2.24) is 10.6 Å². The van der Waals surface area contributed by atoms with E-state index in [1.165, 1.54) is 25.7 Å². The van der Waals surface area contributed by atoms with Crippen molar-refractivity contribution in [2.24, 2.45) is 11.3 Å². The zero-order chi connectivity index (χ0) is 12.9. The lowest BCUT2D eigenvalue weighted by atomic mass is 9.67. The van der Waals surface area contributed by atoms with Crippen molar-refractivity contribution in [2.45, 2.75) is 63.2 Å². The Kier molecular flexibility index (Phi) is 3.99. The van der Waals surface area contributed by atoms with Crippen molar-refractivity contribution in [3.05, 3.63) is 0 Å². The Labute approximate surface area is 126 Å².